The first-order valence-electron chi connectivity index (χ1n) is 5.26. The van der Waals surface area contributed by atoms with Crippen molar-refractivity contribution in [1.82, 2.24) is 4.31 Å². The summed E-state index contributed by atoms with van der Waals surface area (Å²) < 4.78 is 36.4. The number of nitrogens with zero attached hydrogens (tertiary/aromatic N) is 2. The van der Waals surface area contributed by atoms with E-state index in [2.05, 4.69) is 5.32 Å². The average Bonchev–Trinajstić information content (AvgIpc) is 2.30. The molecule has 0 aromatic heterocycles. The second-order valence-electron chi connectivity index (χ2n) is 3.99. The third-order valence-corrected chi connectivity index (χ3v) is 3.63. The number of amides is 1. The van der Waals surface area contributed by atoms with Gasteiger partial charge in [-0.2, -0.15) is 4.31 Å². The van der Waals surface area contributed by atoms with Crippen molar-refractivity contribution in [2.45, 2.75) is 0 Å². The first kappa shape index (κ1) is 16.0. The molecule has 1 rings (SSSR count). The largest absolute Gasteiger partial charge is 0.322 e. The van der Waals surface area contributed by atoms with Gasteiger partial charge in [0.25, 0.3) is 5.69 Å². The number of hydrogen-bond donors (Lipinski definition) is 1. The fourth-order valence-electron chi connectivity index (χ4n) is 1.23. The summed E-state index contributed by atoms with van der Waals surface area (Å²) in [5.74, 6) is -1.66. The van der Waals surface area contributed by atoms with E-state index in [1.807, 2.05) is 0 Å². The Balaban J connectivity index is 2.86. The number of nitrogens with one attached hydrogen (secondary N) is 1. The summed E-state index contributed by atoms with van der Waals surface area (Å²) >= 11 is 0. The zero-order valence-electron chi connectivity index (χ0n) is 10.7. The number of sulfonamides is 1. The van der Waals surface area contributed by atoms with Crippen molar-refractivity contribution in [2.75, 3.05) is 25.2 Å². The van der Waals surface area contributed by atoms with Gasteiger partial charge in [-0.3, -0.25) is 14.9 Å². The number of halogens is 1. The SMILES string of the molecule is CN(CC(=O)Nc1cc([N+](=O)[O-])ccc1F)S(C)(=O)=O. The Morgan fingerprint density at radius 3 is 2.60 bits per heavy atom. The van der Waals surface area contributed by atoms with Gasteiger partial charge in [-0.05, 0) is 6.07 Å². The predicted molar refractivity (Wildman–Crippen MR) is 69.2 cm³/mol. The Hall–Kier alpha value is -2.07. The van der Waals surface area contributed by atoms with Crippen molar-refractivity contribution in [3.05, 3.63) is 34.1 Å². The van der Waals surface area contributed by atoms with E-state index in [-0.39, 0.29) is 5.69 Å². The van der Waals surface area contributed by atoms with Crippen molar-refractivity contribution < 1.29 is 22.5 Å². The van der Waals surface area contributed by atoms with Crippen LogP contribution < -0.4 is 5.32 Å². The summed E-state index contributed by atoms with van der Waals surface area (Å²) in [6.07, 6.45) is 0.911. The van der Waals surface area contributed by atoms with Crippen LogP contribution >= 0.6 is 0 Å². The maximum absolute atomic E-state index is 13.4. The molecule has 0 unspecified atom stereocenters. The standard InChI is InChI=1S/C10H12FN3O5S/c1-13(20(2,18)19)6-10(15)12-9-5-7(14(16)17)3-4-8(9)11/h3-5H,6H2,1-2H3,(H,12,15). The van der Waals surface area contributed by atoms with Crippen LogP contribution in [0.25, 0.3) is 0 Å². The molecule has 0 saturated carbocycles. The van der Waals surface area contributed by atoms with E-state index in [4.69, 9.17) is 0 Å². The fraction of sp³-hybridized carbons (Fsp3) is 0.300. The zero-order valence-corrected chi connectivity index (χ0v) is 11.5. The highest BCUT2D eigenvalue weighted by Gasteiger charge is 2.17. The molecule has 0 fully saturated rings. The maximum Gasteiger partial charge on any atom is 0.271 e. The Bertz CT molecular complexity index is 646. The molecule has 8 nitrogen and oxygen atoms in total. The van der Waals surface area contributed by atoms with Gasteiger partial charge >= 0.3 is 0 Å². The molecule has 0 spiro atoms. The molecule has 0 aliphatic carbocycles. The number of carbonyl (C=O) groups excluding carboxylic acids is 1. The van der Waals surface area contributed by atoms with Crippen LogP contribution in [-0.4, -0.2) is 43.4 Å². The van der Waals surface area contributed by atoms with Gasteiger partial charge in [0, 0.05) is 19.2 Å². The van der Waals surface area contributed by atoms with Gasteiger partial charge in [0.15, 0.2) is 0 Å². The topological polar surface area (TPSA) is 110 Å². The smallest absolute Gasteiger partial charge is 0.271 e. The minimum absolute atomic E-state index is 0.383. The number of anilines is 1. The number of nitro benzene ring substituents is 1. The van der Waals surface area contributed by atoms with E-state index in [1.165, 1.54) is 7.05 Å². The number of benzene rings is 1. The number of carbonyl (C=O) groups is 1. The Morgan fingerprint density at radius 1 is 1.50 bits per heavy atom. The molecule has 1 amide bonds. The second-order valence-corrected chi connectivity index (χ2v) is 6.08. The molecular weight excluding hydrogens is 293 g/mol. The average molecular weight is 305 g/mol. The molecule has 0 aliphatic rings. The van der Waals surface area contributed by atoms with Crippen LogP contribution in [0.4, 0.5) is 15.8 Å². The molecule has 0 atom stereocenters. The van der Waals surface area contributed by atoms with E-state index in [9.17, 15) is 27.7 Å². The van der Waals surface area contributed by atoms with Gasteiger partial charge in [-0.1, -0.05) is 0 Å². The molecule has 0 bridgehead atoms. The van der Waals surface area contributed by atoms with Crippen molar-refractivity contribution in [1.29, 1.82) is 0 Å². The number of non-ortho nitro benzene ring substituents is 1. The molecule has 0 aliphatic heterocycles. The van der Waals surface area contributed by atoms with Crippen LogP contribution in [0.1, 0.15) is 0 Å². The van der Waals surface area contributed by atoms with Crippen LogP contribution in [0.5, 0.6) is 0 Å². The minimum Gasteiger partial charge on any atom is -0.322 e. The van der Waals surface area contributed by atoms with Gasteiger partial charge in [0.2, 0.25) is 15.9 Å². The lowest BCUT2D eigenvalue weighted by Crippen LogP contribution is -2.34. The van der Waals surface area contributed by atoms with Crippen molar-refractivity contribution in [2.24, 2.45) is 0 Å². The minimum atomic E-state index is -3.55. The quantitative estimate of drug-likeness (QED) is 0.631. The fourth-order valence-corrected chi connectivity index (χ4v) is 1.58. The van der Waals surface area contributed by atoms with E-state index < -0.39 is 38.9 Å². The van der Waals surface area contributed by atoms with Gasteiger partial charge in [-0.15, -0.1) is 0 Å². The van der Waals surface area contributed by atoms with Gasteiger partial charge in [-0.25, -0.2) is 12.8 Å². The maximum atomic E-state index is 13.4. The number of nitro groups is 1. The molecule has 110 valence electrons. The van der Waals surface area contributed by atoms with Crippen LogP contribution in [0.15, 0.2) is 18.2 Å². The van der Waals surface area contributed by atoms with Gasteiger partial charge < -0.3 is 5.32 Å². The molecule has 10 heteroatoms. The van der Waals surface area contributed by atoms with E-state index >= 15 is 0 Å². The Kier molecular flexibility index (Phi) is 4.73. The highest BCUT2D eigenvalue weighted by Crippen LogP contribution is 2.21. The second kappa shape index (κ2) is 5.92. The molecule has 0 heterocycles. The van der Waals surface area contributed by atoms with Gasteiger partial charge in [0.05, 0.1) is 23.4 Å². The predicted octanol–water partition coefficient (Wildman–Crippen LogP) is 0.564. The van der Waals surface area contributed by atoms with E-state index in [0.29, 0.717) is 0 Å². The lowest BCUT2D eigenvalue weighted by molar-refractivity contribution is -0.384. The zero-order chi connectivity index (χ0) is 15.5. The highest BCUT2D eigenvalue weighted by atomic mass is 32.2. The lowest BCUT2D eigenvalue weighted by Gasteiger charge is -2.13. The van der Waals surface area contributed by atoms with Crippen LogP contribution in [0.2, 0.25) is 0 Å². The third-order valence-electron chi connectivity index (χ3n) is 2.37. The van der Waals surface area contributed by atoms with Crippen LogP contribution in [0, 0.1) is 15.9 Å². The number of rotatable bonds is 5. The summed E-state index contributed by atoms with van der Waals surface area (Å²) in [4.78, 5) is 21.4. The number of hydrogen-bond acceptors (Lipinski definition) is 5. The summed E-state index contributed by atoms with van der Waals surface area (Å²) in [6.45, 7) is -0.527. The van der Waals surface area contributed by atoms with Crippen LogP contribution in [0.3, 0.4) is 0 Å². The third kappa shape index (κ3) is 4.24. The Morgan fingerprint density at radius 2 is 2.10 bits per heavy atom. The molecule has 0 radical (unpaired) electrons. The van der Waals surface area contributed by atoms with Crippen molar-refractivity contribution >= 4 is 27.3 Å². The summed E-state index contributed by atoms with van der Waals surface area (Å²) in [6, 6.07) is 2.65. The molecule has 1 N–H and O–H groups in total. The van der Waals surface area contributed by atoms with E-state index in [1.54, 1.807) is 0 Å². The van der Waals surface area contributed by atoms with E-state index in [0.717, 1.165) is 28.8 Å². The molecular formula is C10H12FN3O5S. The summed E-state index contributed by atoms with van der Waals surface area (Å²) in [5.41, 5.74) is -0.774. The Labute approximate surface area is 114 Å². The molecule has 1 aromatic rings. The number of likely N-dealkylation sites (N-methyl/N-ethyl adjacent to an activating group) is 1. The van der Waals surface area contributed by atoms with Gasteiger partial charge in [0.1, 0.15) is 5.82 Å². The first-order valence-corrected chi connectivity index (χ1v) is 7.11. The summed E-state index contributed by atoms with van der Waals surface area (Å²) in [7, 11) is -2.37. The summed E-state index contributed by atoms with van der Waals surface area (Å²) in [5, 5.41) is 12.6. The highest BCUT2D eigenvalue weighted by molar-refractivity contribution is 7.88. The van der Waals surface area contributed by atoms with Crippen molar-refractivity contribution in [3.8, 4) is 0 Å². The normalized spacial score (nSPS) is 11.4. The molecule has 20 heavy (non-hydrogen) atoms. The monoisotopic (exact) mass is 305 g/mol. The van der Waals surface area contributed by atoms with Crippen molar-refractivity contribution in [3.63, 3.8) is 0 Å². The lowest BCUT2D eigenvalue weighted by atomic mass is 10.2. The first-order chi connectivity index (χ1) is 9.11. The van der Waals surface area contributed by atoms with Crippen LogP contribution in [-0.2, 0) is 14.8 Å². The molecule has 1 aromatic carbocycles. The molecule has 0 saturated heterocycles.